The number of nitrogens with one attached hydrogen (secondary N) is 1. The minimum atomic E-state index is 0.274. The van der Waals surface area contributed by atoms with Crippen molar-refractivity contribution >= 4 is 5.91 Å². The SMILES string of the molecule is O=C(NCCCc1ccccc1)C1CCCC1. The number of carbonyl (C=O) groups is 1. The van der Waals surface area contributed by atoms with Crippen molar-refractivity contribution in [2.45, 2.75) is 38.5 Å². The van der Waals surface area contributed by atoms with E-state index in [1.807, 2.05) is 6.07 Å². The number of amides is 1. The maximum atomic E-state index is 11.7. The Bertz CT molecular complexity index is 341. The van der Waals surface area contributed by atoms with E-state index in [2.05, 4.69) is 29.6 Å². The van der Waals surface area contributed by atoms with Crippen molar-refractivity contribution < 1.29 is 4.79 Å². The van der Waals surface area contributed by atoms with Gasteiger partial charge in [-0.15, -0.1) is 0 Å². The highest BCUT2D eigenvalue weighted by Crippen LogP contribution is 2.24. The second kappa shape index (κ2) is 6.43. The van der Waals surface area contributed by atoms with Gasteiger partial charge in [0.25, 0.3) is 0 Å². The van der Waals surface area contributed by atoms with Crippen LogP contribution in [-0.2, 0) is 11.2 Å². The van der Waals surface area contributed by atoms with Crippen molar-refractivity contribution in [3.8, 4) is 0 Å². The zero-order valence-corrected chi connectivity index (χ0v) is 10.3. The Kier molecular flexibility index (Phi) is 4.60. The smallest absolute Gasteiger partial charge is 0.223 e. The summed E-state index contributed by atoms with van der Waals surface area (Å²) >= 11 is 0. The van der Waals surface area contributed by atoms with E-state index in [9.17, 15) is 4.79 Å². The van der Waals surface area contributed by atoms with Crippen molar-refractivity contribution in [1.82, 2.24) is 5.32 Å². The topological polar surface area (TPSA) is 29.1 Å². The summed E-state index contributed by atoms with van der Waals surface area (Å²) in [6.45, 7) is 0.810. The second-order valence-corrected chi connectivity index (χ2v) is 4.86. The number of carbonyl (C=O) groups excluding carboxylic acids is 1. The fourth-order valence-corrected chi connectivity index (χ4v) is 2.48. The first kappa shape index (κ1) is 12.2. The number of hydrogen-bond donors (Lipinski definition) is 1. The molecule has 2 rings (SSSR count). The summed E-state index contributed by atoms with van der Waals surface area (Å²) in [5, 5.41) is 3.06. The largest absolute Gasteiger partial charge is 0.356 e. The Labute approximate surface area is 103 Å². The molecule has 0 unspecified atom stereocenters. The first-order valence-electron chi connectivity index (χ1n) is 6.68. The molecule has 92 valence electrons. The summed E-state index contributed by atoms with van der Waals surface area (Å²) in [4.78, 5) is 11.7. The first-order chi connectivity index (χ1) is 8.36. The molecule has 1 fully saturated rings. The van der Waals surface area contributed by atoms with Gasteiger partial charge in [0.15, 0.2) is 0 Å². The van der Waals surface area contributed by atoms with E-state index in [0.29, 0.717) is 5.92 Å². The number of hydrogen-bond acceptors (Lipinski definition) is 1. The van der Waals surface area contributed by atoms with Crippen molar-refractivity contribution in [2.75, 3.05) is 6.54 Å². The molecule has 1 amide bonds. The van der Waals surface area contributed by atoms with Crippen molar-refractivity contribution in [3.63, 3.8) is 0 Å². The molecule has 1 aliphatic carbocycles. The summed E-state index contributed by atoms with van der Waals surface area (Å²) in [6.07, 6.45) is 6.70. The lowest BCUT2D eigenvalue weighted by Crippen LogP contribution is -2.30. The van der Waals surface area contributed by atoms with Gasteiger partial charge >= 0.3 is 0 Å². The summed E-state index contributed by atoms with van der Waals surface area (Å²) < 4.78 is 0. The molecule has 1 saturated carbocycles. The number of benzene rings is 1. The molecule has 1 aromatic rings. The highest BCUT2D eigenvalue weighted by atomic mass is 16.1. The van der Waals surface area contributed by atoms with E-state index in [1.165, 1.54) is 18.4 Å². The molecule has 1 aromatic carbocycles. The Hall–Kier alpha value is -1.31. The molecule has 0 atom stereocenters. The lowest BCUT2D eigenvalue weighted by Gasteiger charge is -2.10. The van der Waals surface area contributed by atoms with Gasteiger partial charge in [-0.3, -0.25) is 4.79 Å². The van der Waals surface area contributed by atoms with Crippen LogP contribution in [0.1, 0.15) is 37.7 Å². The molecule has 0 bridgehead atoms. The van der Waals surface area contributed by atoms with Crippen LogP contribution in [0.15, 0.2) is 30.3 Å². The van der Waals surface area contributed by atoms with Crippen LogP contribution < -0.4 is 5.32 Å². The van der Waals surface area contributed by atoms with Crippen LogP contribution in [0.5, 0.6) is 0 Å². The molecule has 0 heterocycles. The summed E-state index contributed by atoms with van der Waals surface area (Å²) in [5.74, 6) is 0.572. The Morgan fingerprint density at radius 2 is 1.88 bits per heavy atom. The van der Waals surface area contributed by atoms with Gasteiger partial charge in [0.2, 0.25) is 5.91 Å². The normalized spacial score (nSPS) is 16.0. The van der Waals surface area contributed by atoms with Gasteiger partial charge in [0.05, 0.1) is 0 Å². The third-order valence-corrected chi connectivity index (χ3v) is 3.51. The molecule has 0 spiro atoms. The monoisotopic (exact) mass is 231 g/mol. The molecule has 0 radical (unpaired) electrons. The Morgan fingerprint density at radius 3 is 2.59 bits per heavy atom. The Balaban J connectivity index is 1.61. The molecule has 1 N–H and O–H groups in total. The van der Waals surface area contributed by atoms with Crippen molar-refractivity contribution in [3.05, 3.63) is 35.9 Å². The predicted octanol–water partition coefficient (Wildman–Crippen LogP) is 2.93. The van der Waals surface area contributed by atoms with Crippen LogP contribution in [0.25, 0.3) is 0 Å². The lowest BCUT2D eigenvalue weighted by molar-refractivity contribution is -0.124. The van der Waals surface area contributed by atoms with Gasteiger partial charge in [-0.25, -0.2) is 0 Å². The van der Waals surface area contributed by atoms with Gasteiger partial charge in [-0.1, -0.05) is 43.2 Å². The van der Waals surface area contributed by atoms with Crippen LogP contribution in [0.3, 0.4) is 0 Å². The maximum Gasteiger partial charge on any atom is 0.223 e. The van der Waals surface area contributed by atoms with Gasteiger partial charge < -0.3 is 5.32 Å². The summed E-state index contributed by atoms with van der Waals surface area (Å²) in [6, 6.07) is 10.4. The van der Waals surface area contributed by atoms with E-state index in [4.69, 9.17) is 0 Å². The second-order valence-electron chi connectivity index (χ2n) is 4.86. The molecule has 1 aliphatic rings. The first-order valence-corrected chi connectivity index (χ1v) is 6.68. The van der Waals surface area contributed by atoms with Gasteiger partial charge in [0.1, 0.15) is 0 Å². The van der Waals surface area contributed by atoms with Gasteiger partial charge in [-0.05, 0) is 31.2 Å². The van der Waals surface area contributed by atoms with E-state index >= 15 is 0 Å². The third kappa shape index (κ3) is 3.88. The average molecular weight is 231 g/mol. The van der Waals surface area contributed by atoms with Crippen LogP contribution in [-0.4, -0.2) is 12.5 Å². The van der Waals surface area contributed by atoms with Gasteiger partial charge in [0, 0.05) is 12.5 Å². The fourth-order valence-electron chi connectivity index (χ4n) is 2.48. The molecular formula is C15H21NO. The predicted molar refractivity (Wildman–Crippen MR) is 69.7 cm³/mol. The van der Waals surface area contributed by atoms with Crippen molar-refractivity contribution in [2.24, 2.45) is 5.92 Å². The van der Waals surface area contributed by atoms with Crippen molar-refractivity contribution in [1.29, 1.82) is 0 Å². The van der Waals surface area contributed by atoms with Gasteiger partial charge in [-0.2, -0.15) is 0 Å². The lowest BCUT2D eigenvalue weighted by atomic mass is 10.1. The third-order valence-electron chi connectivity index (χ3n) is 3.51. The van der Waals surface area contributed by atoms with E-state index in [1.54, 1.807) is 0 Å². The Morgan fingerprint density at radius 1 is 1.18 bits per heavy atom. The molecule has 0 saturated heterocycles. The minimum absolute atomic E-state index is 0.274. The quantitative estimate of drug-likeness (QED) is 0.776. The molecule has 17 heavy (non-hydrogen) atoms. The molecule has 2 nitrogen and oxygen atoms in total. The minimum Gasteiger partial charge on any atom is -0.356 e. The molecule has 0 aliphatic heterocycles. The number of aryl methyl sites for hydroxylation is 1. The highest BCUT2D eigenvalue weighted by Gasteiger charge is 2.21. The maximum absolute atomic E-state index is 11.7. The average Bonchev–Trinajstić information content (AvgIpc) is 2.89. The highest BCUT2D eigenvalue weighted by molar-refractivity contribution is 5.78. The van der Waals surface area contributed by atoms with E-state index < -0.39 is 0 Å². The zero-order chi connectivity index (χ0) is 11.9. The summed E-state index contributed by atoms with van der Waals surface area (Å²) in [7, 11) is 0. The molecule has 0 aromatic heterocycles. The standard InChI is InChI=1S/C15H21NO/c17-15(14-10-4-5-11-14)16-12-6-9-13-7-2-1-3-8-13/h1-3,7-8,14H,4-6,9-12H2,(H,16,17). The zero-order valence-electron chi connectivity index (χ0n) is 10.3. The molecular weight excluding hydrogens is 210 g/mol. The number of rotatable bonds is 5. The van der Waals surface area contributed by atoms with Crippen LogP contribution in [0.4, 0.5) is 0 Å². The fraction of sp³-hybridized carbons (Fsp3) is 0.533. The van der Waals surface area contributed by atoms with Crippen LogP contribution >= 0.6 is 0 Å². The van der Waals surface area contributed by atoms with E-state index in [-0.39, 0.29) is 5.91 Å². The molecule has 2 heteroatoms. The van der Waals surface area contributed by atoms with Crippen LogP contribution in [0.2, 0.25) is 0 Å². The van der Waals surface area contributed by atoms with Crippen LogP contribution in [0, 0.1) is 5.92 Å². The van der Waals surface area contributed by atoms with E-state index in [0.717, 1.165) is 32.2 Å². The summed E-state index contributed by atoms with van der Waals surface area (Å²) in [5.41, 5.74) is 1.35.